The van der Waals surface area contributed by atoms with Crippen molar-refractivity contribution in [2.75, 3.05) is 7.05 Å². The van der Waals surface area contributed by atoms with E-state index in [4.69, 9.17) is 4.74 Å². The van der Waals surface area contributed by atoms with Gasteiger partial charge in [0, 0.05) is 25.7 Å². The van der Waals surface area contributed by atoms with Crippen LogP contribution in [0, 0.1) is 10.1 Å². The number of ether oxygens (including phenoxy) is 1. The molecule has 0 radical (unpaired) electrons. The largest absolute Gasteiger partial charge is 0.474 e. The van der Waals surface area contributed by atoms with Crippen LogP contribution in [0.3, 0.4) is 0 Å². The molecule has 1 unspecified atom stereocenters. The van der Waals surface area contributed by atoms with Gasteiger partial charge < -0.3 is 15.4 Å². The van der Waals surface area contributed by atoms with Gasteiger partial charge in [-0.15, -0.1) is 0 Å². The number of likely N-dealkylation sites (N-methyl/N-ethyl adjacent to an activating group) is 1. The molecular weight excluding hydrogens is 274 g/mol. The summed E-state index contributed by atoms with van der Waals surface area (Å²) in [5.41, 5.74) is 0.701. The van der Waals surface area contributed by atoms with E-state index in [1.807, 2.05) is 13.8 Å². The zero-order valence-electron chi connectivity index (χ0n) is 12.7. The summed E-state index contributed by atoms with van der Waals surface area (Å²) in [6, 6.07) is 4.95. The van der Waals surface area contributed by atoms with Crippen LogP contribution in [-0.2, 0) is 11.3 Å². The molecule has 1 rings (SSSR count). The minimum atomic E-state index is -0.804. The normalized spacial score (nSPS) is 12.0. The van der Waals surface area contributed by atoms with E-state index in [0.717, 1.165) is 5.56 Å². The average Bonchev–Trinajstić information content (AvgIpc) is 2.43. The first-order valence-electron chi connectivity index (χ1n) is 6.74. The van der Waals surface area contributed by atoms with Gasteiger partial charge in [0.2, 0.25) is 0 Å². The van der Waals surface area contributed by atoms with Gasteiger partial charge in [0.15, 0.2) is 11.9 Å². The highest BCUT2D eigenvalue weighted by atomic mass is 16.6. The Balaban J connectivity index is 2.98. The van der Waals surface area contributed by atoms with E-state index >= 15 is 0 Å². The number of carbonyl (C=O) groups excluding carboxylic acids is 1. The Labute approximate surface area is 123 Å². The molecule has 0 aliphatic carbocycles. The molecule has 0 aliphatic rings. The zero-order chi connectivity index (χ0) is 16.0. The standard InChI is InChI=1S/C14H21N3O4/c1-9(2)16-8-11-5-6-12(17(19)20)13(7-11)21-10(3)14(18)15-4/h5-7,9-10,16H,8H2,1-4H3,(H,15,18). The minimum absolute atomic E-state index is 0.0964. The maximum Gasteiger partial charge on any atom is 0.310 e. The Morgan fingerprint density at radius 2 is 2.05 bits per heavy atom. The molecule has 0 aliphatic heterocycles. The van der Waals surface area contributed by atoms with Gasteiger partial charge in [0.05, 0.1) is 4.92 Å². The van der Waals surface area contributed by atoms with Gasteiger partial charge in [-0.3, -0.25) is 14.9 Å². The zero-order valence-corrected chi connectivity index (χ0v) is 12.7. The molecule has 0 spiro atoms. The molecule has 21 heavy (non-hydrogen) atoms. The SMILES string of the molecule is CNC(=O)C(C)Oc1cc(CNC(C)C)ccc1[N+](=O)[O-]. The Kier molecular flexibility index (Phi) is 6.10. The molecule has 2 N–H and O–H groups in total. The molecule has 0 saturated carbocycles. The van der Waals surface area contributed by atoms with E-state index in [2.05, 4.69) is 10.6 Å². The van der Waals surface area contributed by atoms with E-state index < -0.39 is 11.0 Å². The van der Waals surface area contributed by atoms with E-state index in [-0.39, 0.29) is 17.3 Å². The van der Waals surface area contributed by atoms with E-state index in [0.29, 0.717) is 12.6 Å². The van der Waals surface area contributed by atoms with Gasteiger partial charge in [-0.05, 0) is 18.6 Å². The lowest BCUT2D eigenvalue weighted by molar-refractivity contribution is -0.386. The maximum atomic E-state index is 11.5. The first-order valence-corrected chi connectivity index (χ1v) is 6.74. The molecule has 0 saturated heterocycles. The molecule has 1 amide bonds. The summed E-state index contributed by atoms with van der Waals surface area (Å²) in [6.07, 6.45) is -0.804. The van der Waals surface area contributed by atoms with Crippen LogP contribution in [-0.4, -0.2) is 30.0 Å². The summed E-state index contributed by atoms with van der Waals surface area (Å²) < 4.78 is 5.43. The summed E-state index contributed by atoms with van der Waals surface area (Å²) >= 11 is 0. The lowest BCUT2D eigenvalue weighted by Crippen LogP contribution is -2.33. The molecule has 1 aromatic carbocycles. The van der Waals surface area contributed by atoms with Crippen molar-refractivity contribution in [1.29, 1.82) is 0 Å². The van der Waals surface area contributed by atoms with E-state index in [9.17, 15) is 14.9 Å². The number of nitro benzene ring substituents is 1. The number of nitrogens with one attached hydrogen (secondary N) is 2. The third kappa shape index (κ3) is 5.03. The van der Waals surface area contributed by atoms with Crippen molar-refractivity contribution in [3.05, 3.63) is 33.9 Å². The maximum absolute atomic E-state index is 11.5. The van der Waals surface area contributed by atoms with Crippen LogP contribution in [0.2, 0.25) is 0 Å². The number of hydrogen-bond acceptors (Lipinski definition) is 5. The Hall–Kier alpha value is -2.15. The van der Waals surface area contributed by atoms with Crippen molar-refractivity contribution in [3.63, 3.8) is 0 Å². The highest BCUT2D eigenvalue weighted by molar-refractivity contribution is 5.80. The monoisotopic (exact) mass is 295 g/mol. The Bertz CT molecular complexity index is 517. The van der Waals surface area contributed by atoms with Crippen LogP contribution < -0.4 is 15.4 Å². The molecule has 116 valence electrons. The van der Waals surface area contributed by atoms with Crippen molar-refractivity contribution in [2.45, 2.75) is 39.5 Å². The summed E-state index contributed by atoms with van der Waals surface area (Å²) in [7, 11) is 1.49. The average molecular weight is 295 g/mol. The van der Waals surface area contributed by atoms with Crippen molar-refractivity contribution in [2.24, 2.45) is 0 Å². The number of carbonyl (C=O) groups is 1. The summed E-state index contributed by atoms with van der Waals surface area (Å²) in [6.45, 7) is 6.13. The molecule has 0 aromatic heterocycles. The van der Waals surface area contributed by atoms with Crippen LogP contribution in [0.5, 0.6) is 5.75 Å². The molecule has 1 aromatic rings. The number of amides is 1. The molecular formula is C14H21N3O4. The predicted molar refractivity (Wildman–Crippen MR) is 79.2 cm³/mol. The van der Waals surface area contributed by atoms with E-state index in [1.165, 1.54) is 13.1 Å². The van der Waals surface area contributed by atoms with Crippen LogP contribution in [0.15, 0.2) is 18.2 Å². The van der Waals surface area contributed by atoms with Gasteiger partial charge in [0.1, 0.15) is 0 Å². The van der Waals surface area contributed by atoms with Gasteiger partial charge in [-0.1, -0.05) is 19.9 Å². The summed E-state index contributed by atoms with van der Waals surface area (Å²) in [4.78, 5) is 22.0. The Morgan fingerprint density at radius 3 is 2.57 bits per heavy atom. The number of nitro groups is 1. The highest BCUT2D eigenvalue weighted by Gasteiger charge is 2.20. The summed E-state index contributed by atoms with van der Waals surface area (Å²) in [5, 5.41) is 16.7. The first-order chi connectivity index (χ1) is 9.85. The minimum Gasteiger partial charge on any atom is -0.474 e. The molecule has 1 atom stereocenters. The van der Waals surface area contributed by atoms with Crippen molar-refractivity contribution < 1.29 is 14.5 Å². The lowest BCUT2D eigenvalue weighted by Gasteiger charge is -2.14. The van der Waals surface area contributed by atoms with Crippen LogP contribution in [0.25, 0.3) is 0 Å². The second kappa shape index (κ2) is 7.58. The van der Waals surface area contributed by atoms with Gasteiger partial charge in [-0.25, -0.2) is 0 Å². The summed E-state index contributed by atoms with van der Waals surface area (Å²) in [5.74, 6) is -0.242. The van der Waals surface area contributed by atoms with Crippen molar-refractivity contribution >= 4 is 11.6 Å². The molecule has 0 fully saturated rings. The molecule has 7 heteroatoms. The lowest BCUT2D eigenvalue weighted by atomic mass is 10.1. The predicted octanol–water partition coefficient (Wildman–Crippen LogP) is 1.61. The number of benzene rings is 1. The second-order valence-electron chi connectivity index (χ2n) is 4.97. The Morgan fingerprint density at radius 1 is 1.38 bits per heavy atom. The van der Waals surface area contributed by atoms with Crippen molar-refractivity contribution in [1.82, 2.24) is 10.6 Å². The highest BCUT2D eigenvalue weighted by Crippen LogP contribution is 2.29. The fourth-order valence-electron chi connectivity index (χ4n) is 1.68. The quantitative estimate of drug-likeness (QED) is 0.588. The van der Waals surface area contributed by atoms with E-state index in [1.54, 1.807) is 19.1 Å². The molecule has 7 nitrogen and oxygen atoms in total. The van der Waals surface area contributed by atoms with Crippen LogP contribution in [0.4, 0.5) is 5.69 Å². The first kappa shape index (κ1) is 16.9. The third-order valence-electron chi connectivity index (χ3n) is 2.85. The van der Waals surface area contributed by atoms with Gasteiger partial charge >= 0.3 is 5.69 Å². The fourth-order valence-corrected chi connectivity index (χ4v) is 1.68. The van der Waals surface area contributed by atoms with Crippen LogP contribution in [0.1, 0.15) is 26.3 Å². The van der Waals surface area contributed by atoms with Gasteiger partial charge in [-0.2, -0.15) is 0 Å². The number of hydrogen-bond donors (Lipinski definition) is 2. The van der Waals surface area contributed by atoms with Crippen molar-refractivity contribution in [3.8, 4) is 5.75 Å². The molecule has 0 bridgehead atoms. The fraction of sp³-hybridized carbons (Fsp3) is 0.500. The van der Waals surface area contributed by atoms with Crippen LogP contribution >= 0.6 is 0 Å². The van der Waals surface area contributed by atoms with Gasteiger partial charge in [0.25, 0.3) is 5.91 Å². The second-order valence-corrected chi connectivity index (χ2v) is 4.97. The number of rotatable bonds is 7. The topological polar surface area (TPSA) is 93.5 Å². The smallest absolute Gasteiger partial charge is 0.310 e. The molecule has 0 heterocycles. The third-order valence-corrected chi connectivity index (χ3v) is 2.85. The number of nitrogens with zero attached hydrogens (tertiary/aromatic N) is 1.